The van der Waals surface area contributed by atoms with E-state index in [9.17, 15) is 8.42 Å². The molecular weight excluding hydrogens is 198 g/mol. The van der Waals surface area contributed by atoms with Gasteiger partial charge in [0.15, 0.2) is 9.84 Å². The fourth-order valence-electron chi connectivity index (χ4n) is 1.45. The Hall–Kier alpha value is -0.0900. The molecule has 3 nitrogen and oxygen atoms in total. The van der Waals surface area contributed by atoms with Crippen molar-refractivity contribution in [2.45, 2.75) is 26.7 Å². The maximum Gasteiger partial charge on any atom is 0.151 e. The molecule has 1 rings (SSSR count). The first-order valence-corrected chi connectivity index (χ1v) is 7.23. The quantitative estimate of drug-likeness (QED) is 0.651. The lowest BCUT2D eigenvalue weighted by atomic mass is 10.3. The number of sulfone groups is 1. The third-order valence-corrected chi connectivity index (χ3v) is 4.31. The molecule has 1 N–H and O–H groups in total. The molecule has 84 valence electrons. The van der Waals surface area contributed by atoms with Crippen molar-refractivity contribution in [1.82, 2.24) is 5.32 Å². The van der Waals surface area contributed by atoms with Gasteiger partial charge in [-0.25, -0.2) is 8.42 Å². The van der Waals surface area contributed by atoms with Crippen LogP contribution in [0.2, 0.25) is 0 Å². The van der Waals surface area contributed by atoms with E-state index in [4.69, 9.17) is 0 Å². The van der Waals surface area contributed by atoms with Crippen LogP contribution < -0.4 is 5.32 Å². The van der Waals surface area contributed by atoms with Gasteiger partial charge in [0, 0.05) is 6.54 Å². The maximum atomic E-state index is 11.5. The van der Waals surface area contributed by atoms with E-state index >= 15 is 0 Å². The molecule has 0 aliphatic heterocycles. The predicted octanol–water partition coefficient (Wildman–Crippen LogP) is 1.06. The molecule has 1 fully saturated rings. The first-order chi connectivity index (χ1) is 6.49. The van der Waals surface area contributed by atoms with E-state index < -0.39 is 9.84 Å². The number of hydrogen-bond donors (Lipinski definition) is 1. The van der Waals surface area contributed by atoms with E-state index in [0.717, 1.165) is 12.5 Å². The fraction of sp³-hybridized carbons (Fsp3) is 1.00. The largest absolute Gasteiger partial charge is 0.315 e. The maximum absolute atomic E-state index is 11.5. The summed E-state index contributed by atoms with van der Waals surface area (Å²) in [5, 5.41) is 3.20. The zero-order valence-corrected chi connectivity index (χ0v) is 9.94. The minimum absolute atomic E-state index is 0.239. The van der Waals surface area contributed by atoms with Crippen LogP contribution in [0.15, 0.2) is 0 Å². The molecule has 4 heteroatoms. The Morgan fingerprint density at radius 3 is 2.50 bits per heavy atom. The highest BCUT2D eigenvalue weighted by molar-refractivity contribution is 7.91. The van der Waals surface area contributed by atoms with Crippen molar-refractivity contribution in [3.05, 3.63) is 0 Å². The molecule has 0 saturated heterocycles. The van der Waals surface area contributed by atoms with Crippen LogP contribution in [-0.2, 0) is 9.84 Å². The monoisotopic (exact) mass is 219 g/mol. The zero-order chi connectivity index (χ0) is 10.6. The molecule has 1 saturated carbocycles. The highest BCUT2D eigenvalue weighted by Crippen LogP contribution is 2.27. The van der Waals surface area contributed by atoms with Crippen LogP contribution in [0.4, 0.5) is 0 Å². The SMILES string of the molecule is CC(C)CS(=O)(=O)CCNCC1CC1. The molecule has 0 heterocycles. The number of nitrogens with one attached hydrogen (secondary N) is 1. The number of hydrogen-bond acceptors (Lipinski definition) is 3. The standard InChI is InChI=1S/C10H21NO2S/c1-9(2)8-14(12,13)6-5-11-7-10-3-4-10/h9-11H,3-8H2,1-2H3. The summed E-state index contributed by atoms with van der Waals surface area (Å²) in [5.74, 6) is 1.67. The van der Waals surface area contributed by atoms with E-state index in [-0.39, 0.29) is 11.7 Å². The van der Waals surface area contributed by atoms with Gasteiger partial charge in [0.1, 0.15) is 0 Å². The fourth-order valence-corrected chi connectivity index (χ4v) is 3.08. The van der Waals surface area contributed by atoms with Crippen LogP contribution in [0.3, 0.4) is 0 Å². The molecule has 0 aromatic carbocycles. The second kappa shape index (κ2) is 5.12. The van der Waals surface area contributed by atoms with E-state index in [1.165, 1.54) is 12.8 Å². The van der Waals surface area contributed by atoms with E-state index in [1.807, 2.05) is 13.8 Å². The van der Waals surface area contributed by atoms with Gasteiger partial charge in [0.2, 0.25) is 0 Å². The predicted molar refractivity (Wildman–Crippen MR) is 59.1 cm³/mol. The Labute approximate surface area is 87.2 Å². The second-order valence-corrected chi connectivity index (χ2v) is 6.88. The molecule has 0 amide bonds. The van der Waals surface area contributed by atoms with Gasteiger partial charge < -0.3 is 5.32 Å². The molecule has 14 heavy (non-hydrogen) atoms. The summed E-state index contributed by atoms with van der Waals surface area (Å²) >= 11 is 0. The average Bonchev–Trinajstić information content (AvgIpc) is 2.78. The van der Waals surface area contributed by atoms with Gasteiger partial charge in [-0.1, -0.05) is 13.8 Å². The second-order valence-electron chi connectivity index (χ2n) is 4.66. The van der Waals surface area contributed by atoms with Crippen molar-refractivity contribution in [2.75, 3.05) is 24.6 Å². The summed E-state index contributed by atoms with van der Waals surface area (Å²) in [6, 6.07) is 0. The van der Waals surface area contributed by atoms with Crippen LogP contribution in [-0.4, -0.2) is 33.0 Å². The highest BCUT2D eigenvalue weighted by Gasteiger charge is 2.20. The van der Waals surface area contributed by atoms with E-state index in [1.54, 1.807) is 0 Å². The first-order valence-electron chi connectivity index (χ1n) is 5.41. The molecular formula is C10H21NO2S. The lowest BCUT2D eigenvalue weighted by molar-refractivity contribution is 0.575. The third kappa shape index (κ3) is 5.60. The molecule has 0 radical (unpaired) electrons. The van der Waals surface area contributed by atoms with Gasteiger partial charge in [0.25, 0.3) is 0 Å². The Balaban J connectivity index is 2.08. The van der Waals surface area contributed by atoms with Crippen molar-refractivity contribution in [3.8, 4) is 0 Å². The minimum Gasteiger partial charge on any atom is -0.315 e. The Morgan fingerprint density at radius 2 is 2.00 bits per heavy atom. The molecule has 0 unspecified atom stereocenters. The summed E-state index contributed by atoms with van der Waals surface area (Å²) in [6.45, 7) is 5.49. The summed E-state index contributed by atoms with van der Waals surface area (Å²) in [4.78, 5) is 0. The topological polar surface area (TPSA) is 46.2 Å². The van der Waals surface area contributed by atoms with Crippen molar-refractivity contribution < 1.29 is 8.42 Å². The van der Waals surface area contributed by atoms with Crippen molar-refractivity contribution >= 4 is 9.84 Å². The first kappa shape index (κ1) is 12.0. The van der Waals surface area contributed by atoms with E-state index in [0.29, 0.717) is 12.3 Å². The Morgan fingerprint density at radius 1 is 1.36 bits per heavy atom. The molecule has 1 aliphatic carbocycles. The summed E-state index contributed by atoms with van der Waals surface area (Å²) in [6.07, 6.45) is 2.62. The van der Waals surface area contributed by atoms with Crippen molar-refractivity contribution in [3.63, 3.8) is 0 Å². The van der Waals surface area contributed by atoms with E-state index in [2.05, 4.69) is 5.32 Å². The minimum atomic E-state index is -2.82. The number of rotatable bonds is 7. The van der Waals surface area contributed by atoms with Gasteiger partial charge in [0.05, 0.1) is 11.5 Å². The van der Waals surface area contributed by atoms with Gasteiger partial charge in [-0.2, -0.15) is 0 Å². The van der Waals surface area contributed by atoms with Crippen LogP contribution in [0.1, 0.15) is 26.7 Å². The zero-order valence-electron chi connectivity index (χ0n) is 9.12. The molecule has 0 spiro atoms. The third-order valence-electron chi connectivity index (χ3n) is 2.31. The van der Waals surface area contributed by atoms with Gasteiger partial charge >= 0.3 is 0 Å². The Kier molecular flexibility index (Phi) is 4.38. The normalized spacial score (nSPS) is 17.6. The summed E-state index contributed by atoms with van der Waals surface area (Å²) in [7, 11) is -2.82. The summed E-state index contributed by atoms with van der Waals surface area (Å²) in [5.41, 5.74) is 0. The lowest BCUT2D eigenvalue weighted by Gasteiger charge is -2.07. The Bertz CT molecular complexity index is 255. The van der Waals surface area contributed by atoms with Crippen LogP contribution in [0.25, 0.3) is 0 Å². The molecule has 1 aliphatic rings. The average molecular weight is 219 g/mol. The molecule has 0 aromatic rings. The molecule has 0 bridgehead atoms. The van der Waals surface area contributed by atoms with Gasteiger partial charge in [-0.3, -0.25) is 0 Å². The van der Waals surface area contributed by atoms with Gasteiger partial charge in [-0.15, -0.1) is 0 Å². The van der Waals surface area contributed by atoms with Crippen LogP contribution >= 0.6 is 0 Å². The van der Waals surface area contributed by atoms with Crippen LogP contribution in [0, 0.1) is 11.8 Å². The molecule has 0 atom stereocenters. The molecule has 0 aromatic heterocycles. The van der Waals surface area contributed by atoms with Crippen molar-refractivity contribution in [1.29, 1.82) is 0 Å². The highest BCUT2D eigenvalue weighted by atomic mass is 32.2. The smallest absolute Gasteiger partial charge is 0.151 e. The van der Waals surface area contributed by atoms with Crippen LogP contribution in [0.5, 0.6) is 0 Å². The lowest BCUT2D eigenvalue weighted by Crippen LogP contribution is -2.27. The summed E-state index contributed by atoms with van der Waals surface area (Å²) < 4.78 is 22.9. The van der Waals surface area contributed by atoms with Crippen molar-refractivity contribution in [2.24, 2.45) is 11.8 Å². The van der Waals surface area contributed by atoms with Gasteiger partial charge in [-0.05, 0) is 31.2 Å².